The molecule has 0 saturated carbocycles. The van der Waals surface area contributed by atoms with Gasteiger partial charge in [0.2, 0.25) is 0 Å². The molecule has 1 fully saturated rings. The smallest absolute Gasteiger partial charge is 0.326 e. The molecule has 114 valence electrons. The Morgan fingerprint density at radius 1 is 1.48 bits per heavy atom. The fourth-order valence-corrected chi connectivity index (χ4v) is 2.35. The number of halogens is 1. The number of amides is 2. The molecule has 1 saturated heterocycles. The number of carboxylic acids is 1. The van der Waals surface area contributed by atoms with Crippen LogP contribution in [0.25, 0.3) is 0 Å². The Balaban J connectivity index is 2.16. The summed E-state index contributed by atoms with van der Waals surface area (Å²) in [4.78, 5) is 24.3. The zero-order chi connectivity index (χ0) is 15.6. The van der Waals surface area contributed by atoms with Gasteiger partial charge in [0.05, 0.1) is 23.9 Å². The molecular formula is C13H15ClN2O5. The van der Waals surface area contributed by atoms with Gasteiger partial charge < -0.3 is 25.2 Å². The first-order valence-corrected chi connectivity index (χ1v) is 6.62. The van der Waals surface area contributed by atoms with Crippen LogP contribution in [0.4, 0.5) is 10.5 Å². The van der Waals surface area contributed by atoms with Gasteiger partial charge in [0.1, 0.15) is 11.8 Å². The van der Waals surface area contributed by atoms with Crippen LogP contribution >= 0.6 is 11.6 Å². The quantitative estimate of drug-likeness (QED) is 0.783. The van der Waals surface area contributed by atoms with Crippen LogP contribution in [0, 0.1) is 0 Å². The predicted molar refractivity (Wildman–Crippen MR) is 75.8 cm³/mol. The third kappa shape index (κ3) is 3.37. The number of aliphatic hydroxyl groups excluding tert-OH is 1. The van der Waals surface area contributed by atoms with E-state index in [1.807, 2.05) is 0 Å². The molecule has 0 aromatic heterocycles. The topological polar surface area (TPSA) is 99.1 Å². The molecule has 1 aliphatic rings. The molecule has 7 nitrogen and oxygen atoms in total. The van der Waals surface area contributed by atoms with Crippen LogP contribution in [0.15, 0.2) is 18.2 Å². The Morgan fingerprint density at radius 2 is 2.19 bits per heavy atom. The zero-order valence-corrected chi connectivity index (χ0v) is 12.0. The fourth-order valence-electron chi connectivity index (χ4n) is 2.19. The highest BCUT2D eigenvalue weighted by Crippen LogP contribution is 2.28. The number of hydrogen-bond donors (Lipinski definition) is 3. The third-order valence-corrected chi connectivity index (χ3v) is 3.57. The van der Waals surface area contributed by atoms with Gasteiger partial charge in [0.25, 0.3) is 0 Å². The van der Waals surface area contributed by atoms with E-state index >= 15 is 0 Å². The maximum atomic E-state index is 12.2. The van der Waals surface area contributed by atoms with Crippen LogP contribution in [0.1, 0.15) is 6.42 Å². The average molecular weight is 315 g/mol. The van der Waals surface area contributed by atoms with Crippen LogP contribution < -0.4 is 10.1 Å². The summed E-state index contributed by atoms with van der Waals surface area (Å²) in [6.07, 6.45) is -0.841. The number of rotatable bonds is 3. The van der Waals surface area contributed by atoms with E-state index < -0.39 is 24.1 Å². The molecule has 2 amide bonds. The van der Waals surface area contributed by atoms with Crippen molar-refractivity contribution in [1.82, 2.24) is 4.90 Å². The van der Waals surface area contributed by atoms with Crippen LogP contribution in [0.5, 0.6) is 5.75 Å². The van der Waals surface area contributed by atoms with Crippen LogP contribution in [-0.2, 0) is 4.79 Å². The summed E-state index contributed by atoms with van der Waals surface area (Å²) >= 11 is 5.98. The standard InChI is InChI=1S/C13H15ClN2O5/c1-21-8-2-3-9(14)10(5-8)15-13(20)16-6-7(17)4-11(16)12(18)19/h2-3,5,7,11,17H,4,6H2,1H3,(H,15,20)(H,18,19)/t7?,11-/m0/s1. The monoisotopic (exact) mass is 314 g/mol. The molecule has 1 aromatic carbocycles. The third-order valence-electron chi connectivity index (χ3n) is 3.24. The van der Waals surface area contributed by atoms with Crippen molar-refractivity contribution in [3.8, 4) is 5.75 Å². The number of aliphatic hydroxyl groups is 1. The van der Waals surface area contributed by atoms with E-state index in [2.05, 4.69) is 5.32 Å². The summed E-state index contributed by atoms with van der Waals surface area (Å²) in [6.45, 7) is -0.0373. The highest BCUT2D eigenvalue weighted by atomic mass is 35.5. The molecular weight excluding hydrogens is 300 g/mol. The van der Waals surface area contributed by atoms with E-state index in [-0.39, 0.29) is 13.0 Å². The number of β-amino-alcohol motifs (C(OH)–C–C–N with tert-alkyl or cyclic N) is 1. The van der Waals surface area contributed by atoms with Gasteiger partial charge in [0.15, 0.2) is 0 Å². The summed E-state index contributed by atoms with van der Waals surface area (Å²) in [5.74, 6) is -0.649. The number of ether oxygens (including phenoxy) is 1. The van der Waals surface area contributed by atoms with Gasteiger partial charge in [-0.1, -0.05) is 11.6 Å². The molecule has 1 unspecified atom stereocenters. The number of carbonyl (C=O) groups is 2. The lowest BCUT2D eigenvalue weighted by molar-refractivity contribution is -0.141. The molecule has 2 atom stereocenters. The zero-order valence-electron chi connectivity index (χ0n) is 11.2. The Kier molecular flexibility index (Phi) is 4.54. The number of likely N-dealkylation sites (tertiary alicyclic amines) is 1. The number of carboxylic acid groups (broad SMARTS) is 1. The van der Waals surface area contributed by atoms with Crippen molar-refractivity contribution in [3.63, 3.8) is 0 Å². The lowest BCUT2D eigenvalue weighted by Crippen LogP contribution is -2.43. The maximum absolute atomic E-state index is 12.2. The molecule has 1 aromatic rings. The highest BCUT2D eigenvalue weighted by Gasteiger charge is 2.39. The van der Waals surface area contributed by atoms with E-state index in [1.54, 1.807) is 12.1 Å². The average Bonchev–Trinajstić information content (AvgIpc) is 2.83. The van der Waals surface area contributed by atoms with Gasteiger partial charge in [-0.25, -0.2) is 9.59 Å². The Bertz CT molecular complexity index is 565. The molecule has 3 N–H and O–H groups in total. The molecule has 1 heterocycles. The van der Waals surface area contributed by atoms with Crippen LogP contribution in [0.3, 0.4) is 0 Å². The summed E-state index contributed by atoms with van der Waals surface area (Å²) < 4.78 is 5.04. The number of nitrogens with one attached hydrogen (secondary N) is 1. The first-order chi connectivity index (χ1) is 9.92. The number of nitrogens with zero attached hydrogens (tertiary/aromatic N) is 1. The molecule has 8 heteroatoms. The number of urea groups is 1. The van der Waals surface area contributed by atoms with Crippen molar-refractivity contribution >= 4 is 29.3 Å². The largest absolute Gasteiger partial charge is 0.497 e. The Labute approximate surface area is 126 Å². The number of anilines is 1. The minimum Gasteiger partial charge on any atom is -0.497 e. The van der Waals surface area contributed by atoms with Crippen molar-refractivity contribution in [3.05, 3.63) is 23.2 Å². The van der Waals surface area contributed by atoms with E-state index in [0.29, 0.717) is 16.5 Å². The molecule has 2 rings (SSSR count). The lowest BCUT2D eigenvalue weighted by Gasteiger charge is -2.22. The van der Waals surface area contributed by atoms with Gasteiger partial charge >= 0.3 is 12.0 Å². The summed E-state index contributed by atoms with van der Waals surface area (Å²) in [6, 6.07) is 3.04. The van der Waals surface area contributed by atoms with Crippen LogP contribution in [0.2, 0.25) is 5.02 Å². The number of aliphatic carboxylic acids is 1. The molecule has 1 aliphatic heterocycles. The van der Waals surface area contributed by atoms with Gasteiger partial charge in [0, 0.05) is 19.0 Å². The Morgan fingerprint density at radius 3 is 2.81 bits per heavy atom. The van der Waals surface area contributed by atoms with Crippen LogP contribution in [-0.4, -0.2) is 52.9 Å². The highest BCUT2D eigenvalue weighted by molar-refractivity contribution is 6.33. The lowest BCUT2D eigenvalue weighted by atomic mass is 10.2. The van der Waals surface area contributed by atoms with E-state index in [9.17, 15) is 14.7 Å². The minimum atomic E-state index is -1.15. The second kappa shape index (κ2) is 6.19. The van der Waals surface area contributed by atoms with Gasteiger partial charge in [-0.2, -0.15) is 0 Å². The summed E-state index contributed by atoms with van der Waals surface area (Å²) in [5.41, 5.74) is 0.312. The fraction of sp³-hybridized carbons (Fsp3) is 0.385. The predicted octanol–water partition coefficient (Wildman–Crippen LogP) is 1.40. The first kappa shape index (κ1) is 15.4. The van der Waals surface area contributed by atoms with Gasteiger partial charge in [-0.3, -0.25) is 0 Å². The summed E-state index contributed by atoms with van der Waals surface area (Å²) in [7, 11) is 1.48. The molecule has 0 spiro atoms. The molecule has 0 bridgehead atoms. The van der Waals surface area contributed by atoms with Crippen molar-refractivity contribution in [2.45, 2.75) is 18.6 Å². The molecule has 0 radical (unpaired) electrons. The summed E-state index contributed by atoms with van der Waals surface area (Å²) in [5, 5.41) is 21.4. The SMILES string of the molecule is COc1ccc(Cl)c(NC(=O)N2CC(O)C[C@H]2C(=O)O)c1. The van der Waals surface area contributed by atoms with Gasteiger partial charge in [-0.05, 0) is 12.1 Å². The number of benzene rings is 1. The molecule has 0 aliphatic carbocycles. The first-order valence-electron chi connectivity index (χ1n) is 6.24. The van der Waals surface area contributed by atoms with Crippen molar-refractivity contribution in [2.75, 3.05) is 19.0 Å². The second-order valence-electron chi connectivity index (χ2n) is 4.67. The molecule has 21 heavy (non-hydrogen) atoms. The van der Waals surface area contributed by atoms with Crippen molar-refractivity contribution in [1.29, 1.82) is 0 Å². The number of hydrogen-bond acceptors (Lipinski definition) is 4. The second-order valence-corrected chi connectivity index (χ2v) is 5.08. The minimum absolute atomic E-state index is 0.00853. The van der Waals surface area contributed by atoms with E-state index in [4.69, 9.17) is 21.4 Å². The van der Waals surface area contributed by atoms with E-state index in [1.165, 1.54) is 13.2 Å². The van der Waals surface area contributed by atoms with Gasteiger partial charge in [-0.15, -0.1) is 0 Å². The number of methoxy groups -OCH3 is 1. The van der Waals surface area contributed by atoms with E-state index in [0.717, 1.165) is 4.90 Å². The maximum Gasteiger partial charge on any atom is 0.326 e. The van der Waals surface area contributed by atoms with Crippen molar-refractivity contribution in [2.24, 2.45) is 0 Å². The normalized spacial score (nSPS) is 21.2. The Hall–Kier alpha value is -1.99. The number of carbonyl (C=O) groups excluding carboxylic acids is 1. The van der Waals surface area contributed by atoms with Crippen molar-refractivity contribution < 1.29 is 24.5 Å².